The summed E-state index contributed by atoms with van der Waals surface area (Å²) in [6.07, 6.45) is 0. The van der Waals surface area contributed by atoms with Gasteiger partial charge in [0.2, 0.25) is 0 Å². The first kappa shape index (κ1) is 12.1. The van der Waals surface area contributed by atoms with E-state index in [4.69, 9.17) is 10.0 Å². The number of hydrogen-bond acceptors (Lipinski definition) is 4. The number of carbonyl (C=O) groups is 1. The summed E-state index contributed by atoms with van der Waals surface area (Å²) in [7, 11) is -1.54. The molecule has 3 N–H and O–H groups in total. The third-order valence-electron chi connectivity index (χ3n) is 2.84. The Morgan fingerprint density at radius 2 is 2.00 bits per heavy atom. The predicted molar refractivity (Wildman–Crippen MR) is 65.0 cm³/mol. The van der Waals surface area contributed by atoms with E-state index in [9.17, 15) is 4.79 Å². The van der Waals surface area contributed by atoms with Crippen molar-refractivity contribution < 1.29 is 14.8 Å². The van der Waals surface area contributed by atoms with Crippen LogP contribution in [0.4, 0.5) is 0 Å². The Balaban J connectivity index is 2.15. The van der Waals surface area contributed by atoms with Crippen LogP contribution in [-0.2, 0) is 0 Å². The number of hydrogen-bond donors (Lipinski definition) is 3. The molecule has 1 aromatic rings. The highest BCUT2D eigenvalue weighted by Gasteiger charge is 2.19. The molecule has 0 aliphatic carbocycles. The zero-order chi connectivity index (χ0) is 12.3. The smallest absolute Gasteiger partial charge is 0.423 e. The first-order valence-electron chi connectivity index (χ1n) is 5.64. The molecule has 17 heavy (non-hydrogen) atoms. The first-order valence-corrected chi connectivity index (χ1v) is 5.64. The molecule has 0 aromatic heterocycles. The Morgan fingerprint density at radius 1 is 1.29 bits per heavy atom. The lowest BCUT2D eigenvalue weighted by molar-refractivity contribution is 0.0736. The van der Waals surface area contributed by atoms with Gasteiger partial charge in [0.1, 0.15) is 0 Å². The third kappa shape index (κ3) is 2.85. The Hall–Kier alpha value is -1.37. The van der Waals surface area contributed by atoms with Crippen molar-refractivity contribution in [2.24, 2.45) is 0 Å². The zero-order valence-corrected chi connectivity index (χ0v) is 9.47. The molecule has 0 bridgehead atoms. The molecule has 90 valence electrons. The minimum absolute atomic E-state index is 0.0611. The van der Waals surface area contributed by atoms with Crippen LogP contribution in [0.3, 0.4) is 0 Å². The molecule has 1 saturated heterocycles. The normalized spacial score (nSPS) is 15.8. The van der Waals surface area contributed by atoms with Gasteiger partial charge in [-0.1, -0.05) is 12.1 Å². The van der Waals surface area contributed by atoms with Crippen molar-refractivity contribution in [1.82, 2.24) is 10.2 Å². The average molecular weight is 234 g/mol. The fraction of sp³-hybridized carbons (Fsp3) is 0.364. The Morgan fingerprint density at radius 3 is 2.65 bits per heavy atom. The van der Waals surface area contributed by atoms with Gasteiger partial charge in [-0.25, -0.2) is 0 Å². The van der Waals surface area contributed by atoms with Gasteiger partial charge in [0, 0.05) is 31.7 Å². The van der Waals surface area contributed by atoms with Crippen LogP contribution in [-0.4, -0.2) is 54.2 Å². The van der Waals surface area contributed by atoms with Gasteiger partial charge in [-0.3, -0.25) is 4.79 Å². The second-order valence-corrected chi connectivity index (χ2v) is 4.04. The zero-order valence-electron chi connectivity index (χ0n) is 9.47. The lowest BCUT2D eigenvalue weighted by atomic mass is 9.79. The topological polar surface area (TPSA) is 72.8 Å². The molecule has 1 amide bonds. The van der Waals surface area contributed by atoms with E-state index in [1.54, 1.807) is 23.1 Å². The summed E-state index contributed by atoms with van der Waals surface area (Å²) in [5.74, 6) is -0.0611. The summed E-state index contributed by atoms with van der Waals surface area (Å²) >= 11 is 0. The van der Waals surface area contributed by atoms with Crippen molar-refractivity contribution in [3.63, 3.8) is 0 Å². The molecular formula is C11H15BN2O3. The van der Waals surface area contributed by atoms with Crippen LogP contribution >= 0.6 is 0 Å². The third-order valence-corrected chi connectivity index (χ3v) is 2.84. The fourth-order valence-electron chi connectivity index (χ4n) is 1.88. The standard InChI is InChI=1S/C11H15BN2O3/c15-11(14-6-4-13-5-7-14)9-2-1-3-10(8-9)12(16)17/h1-3,8,13,16-17H,4-7H2. The molecule has 0 radical (unpaired) electrons. The van der Waals surface area contributed by atoms with Gasteiger partial charge < -0.3 is 20.3 Å². The quantitative estimate of drug-likeness (QED) is 0.539. The molecule has 0 spiro atoms. The summed E-state index contributed by atoms with van der Waals surface area (Å²) in [5, 5.41) is 21.3. The molecular weight excluding hydrogens is 219 g/mol. The van der Waals surface area contributed by atoms with Crippen LogP contribution in [0.25, 0.3) is 0 Å². The maximum Gasteiger partial charge on any atom is 0.488 e. The minimum atomic E-state index is -1.54. The largest absolute Gasteiger partial charge is 0.488 e. The van der Waals surface area contributed by atoms with E-state index in [-0.39, 0.29) is 5.91 Å². The van der Waals surface area contributed by atoms with Crippen LogP contribution in [0.2, 0.25) is 0 Å². The van der Waals surface area contributed by atoms with Crippen molar-refractivity contribution in [1.29, 1.82) is 0 Å². The summed E-state index contributed by atoms with van der Waals surface area (Å²) in [5.41, 5.74) is 0.837. The van der Waals surface area contributed by atoms with Crippen LogP contribution in [0.5, 0.6) is 0 Å². The van der Waals surface area contributed by atoms with E-state index < -0.39 is 7.12 Å². The number of nitrogens with one attached hydrogen (secondary N) is 1. The molecule has 1 heterocycles. The van der Waals surface area contributed by atoms with Crippen LogP contribution in [0.15, 0.2) is 24.3 Å². The van der Waals surface area contributed by atoms with Gasteiger partial charge in [0.15, 0.2) is 0 Å². The molecule has 5 nitrogen and oxygen atoms in total. The molecule has 1 fully saturated rings. The lowest BCUT2D eigenvalue weighted by Crippen LogP contribution is -2.46. The summed E-state index contributed by atoms with van der Waals surface area (Å²) < 4.78 is 0. The van der Waals surface area contributed by atoms with Gasteiger partial charge in [-0.05, 0) is 17.6 Å². The van der Waals surface area contributed by atoms with E-state index in [1.807, 2.05) is 0 Å². The average Bonchev–Trinajstić information content (AvgIpc) is 2.39. The number of nitrogens with zero attached hydrogens (tertiary/aromatic N) is 1. The molecule has 6 heteroatoms. The summed E-state index contributed by atoms with van der Waals surface area (Å²) in [6, 6.07) is 6.45. The highest BCUT2D eigenvalue weighted by atomic mass is 16.4. The van der Waals surface area contributed by atoms with Gasteiger partial charge in [-0.2, -0.15) is 0 Å². The summed E-state index contributed by atoms with van der Waals surface area (Å²) in [4.78, 5) is 13.9. The monoisotopic (exact) mass is 234 g/mol. The SMILES string of the molecule is O=C(c1cccc(B(O)O)c1)N1CCNCC1. The molecule has 1 aliphatic heterocycles. The maximum atomic E-state index is 12.1. The minimum Gasteiger partial charge on any atom is -0.423 e. The number of piperazine rings is 1. The van der Waals surface area contributed by atoms with Crippen molar-refractivity contribution >= 4 is 18.5 Å². The van der Waals surface area contributed by atoms with Gasteiger partial charge in [0.25, 0.3) is 5.91 Å². The Bertz CT molecular complexity index is 405. The van der Waals surface area contributed by atoms with E-state index in [0.717, 1.165) is 13.1 Å². The van der Waals surface area contributed by atoms with Gasteiger partial charge in [-0.15, -0.1) is 0 Å². The highest BCUT2D eigenvalue weighted by molar-refractivity contribution is 6.58. The van der Waals surface area contributed by atoms with Crippen molar-refractivity contribution in [2.75, 3.05) is 26.2 Å². The number of carbonyl (C=O) groups excluding carboxylic acids is 1. The first-order chi connectivity index (χ1) is 8.18. The van der Waals surface area contributed by atoms with Gasteiger partial charge >= 0.3 is 7.12 Å². The van der Waals surface area contributed by atoms with Crippen LogP contribution < -0.4 is 10.8 Å². The fourth-order valence-corrected chi connectivity index (χ4v) is 1.88. The van der Waals surface area contributed by atoms with E-state index in [2.05, 4.69) is 5.32 Å². The number of benzene rings is 1. The highest BCUT2D eigenvalue weighted by Crippen LogP contribution is 2.04. The Labute approximate surface area is 100 Å². The van der Waals surface area contributed by atoms with Crippen molar-refractivity contribution in [3.05, 3.63) is 29.8 Å². The maximum absolute atomic E-state index is 12.1. The van der Waals surface area contributed by atoms with Gasteiger partial charge in [0.05, 0.1) is 0 Å². The lowest BCUT2D eigenvalue weighted by Gasteiger charge is -2.27. The predicted octanol–water partition coefficient (Wildman–Crippen LogP) is -1.59. The van der Waals surface area contributed by atoms with E-state index in [0.29, 0.717) is 24.1 Å². The number of rotatable bonds is 2. The molecule has 0 saturated carbocycles. The number of amides is 1. The molecule has 0 atom stereocenters. The second-order valence-electron chi connectivity index (χ2n) is 4.04. The van der Waals surface area contributed by atoms with Crippen LogP contribution in [0, 0.1) is 0 Å². The molecule has 1 aliphatic rings. The molecule has 1 aromatic carbocycles. The summed E-state index contributed by atoms with van der Waals surface area (Å²) in [6.45, 7) is 2.97. The molecule has 2 rings (SSSR count). The van der Waals surface area contributed by atoms with Crippen molar-refractivity contribution in [3.8, 4) is 0 Å². The van der Waals surface area contributed by atoms with E-state index in [1.165, 1.54) is 6.07 Å². The van der Waals surface area contributed by atoms with Crippen molar-refractivity contribution in [2.45, 2.75) is 0 Å². The second kappa shape index (κ2) is 5.31. The molecule has 0 unspecified atom stereocenters. The van der Waals surface area contributed by atoms with E-state index >= 15 is 0 Å². The Kier molecular flexibility index (Phi) is 3.78. The van der Waals surface area contributed by atoms with Crippen LogP contribution in [0.1, 0.15) is 10.4 Å².